The van der Waals surface area contributed by atoms with Crippen LogP contribution in [0.25, 0.3) is 0 Å². The van der Waals surface area contributed by atoms with Crippen molar-refractivity contribution < 1.29 is 9.21 Å². The third kappa shape index (κ3) is 3.25. The van der Waals surface area contributed by atoms with Crippen molar-refractivity contribution in [2.45, 2.75) is 26.4 Å². The molecule has 20 heavy (non-hydrogen) atoms. The zero-order valence-corrected chi connectivity index (χ0v) is 11.2. The van der Waals surface area contributed by atoms with Gasteiger partial charge in [0.15, 0.2) is 0 Å². The maximum Gasteiger partial charge on any atom is 0.328 e. The van der Waals surface area contributed by atoms with Gasteiger partial charge in [-0.3, -0.25) is 19.1 Å². The molecule has 2 aromatic rings. The number of nitrogens with zero attached hydrogens (tertiary/aromatic N) is 1. The fourth-order valence-electron chi connectivity index (χ4n) is 1.77. The van der Waals surface area contributed by atoms with E-state index in [1.165, 1.54) is 12.3 Å². The van der Waals surface area contributed by atoms with Crippen molar-refractivity contribution in [1.29, 1.82) is 0 Å². The molecule has 0 saturated heterocycles. The molecule has 0 radical (unpaired) electrons. The van der Waals surface area contributed by atoms with Crippen LogP contribution >= 0.6 is 0 Å². The Hall–Kier alpha value is -2.57. The minimum Gasteiger partial charge on any atom is -0.464 e. The molecule has 0 aliphatic carbocycles. The number of aromatic nitrogens is 2. The average molecular weight is 277 g/mol. The van der Waals surface area contributed by atoms with Gasteiger partial charge in [-0.15, -0.1) is 0 Å². The van der Waals surface area contributed by atoms with Crippen molar-refractivity contribution in [3.05, 3.63) is 56.8 Å². The molecule has 0 spiro atoms. The number of hydrogen-bond acceptors (Lipinski definition) is 4. The van der Waals surface area contributed by atoms with Crippen LogP contribution in [-0.4, -0.2) is 15.5 Å². The summed E-state index contributed by atoms with van der Waals surface area (Å²) in [7, 11) is 0. The SMILES string of the molecule is Cc1ccc([C@@H](C)NC(=O)Cn2ccc(=O)[nH]c2=O)o1. The van der Waals surface area contributed by atoms with Gasteiger partial charge in [-0.1, -0.05) is 0 Å². The third-order valence-electron chi connectivity index (χ3n) is 2.78. The molecule has 0 bridgehead atoms. The Labute approximate surface area is 114 Å². The molecule has 2 heterocycles. The molecule has 0 aromatic carbocycles. The standard InChI is InChI=1S/C13H15N3O4/c1-8-3-4-10(20-8)9(2)14-12(18)7-16-6-5-11(17)15-13(16)19/h3-6,9H,7H2,1-2H3,(H,14,18)(H,15,17,19)/t9-/m1/s1. The first-order chi connectivity index (χ1) is 9.45. The van der Waals surface area contributed by atoms with E-state index in [9.17, 15) is 14.4 Å². The second-order valence-electron chi connectivity index (χ2n) is 4.48. The van der Waals surface area contributed by atoms with Crippen LogP contribution in [0.3, 0.4) is 0 Å². The van der Waals surface area contributed by atoms with Crippen LogP contribution in [0.15, 0.2) is 38.4 Å². The van der Waals surface area contributed by atoms with Gasteiger partial charge < -0.3 is 9.73 Å². The van der Waals surface area contributed by atoms with Crippen molar-refractivity contribution in [3.63, 3.8) is 0 Å². The van der Waals surface area contributed by atoms with Crippen LogP contribution in [0.2, 0.25) is 0 Å². The minimum atomic E-state index is -0.617. The topological polar surface area (TPSA) is 97.1 Å². The molecule has 0 unspecified atom stereocenters. The molecule has 0 aliphatic rings. The molecule has 1 amide bonds. The summed E-state index contributed by atoms with van der Waals surface area (Å²) in [4.78, 5) is 36.3. The quantitative estimate of drug-likeness (QED) is 0.840. The van der Waals surface area contributed by atoms with Gasteiger partial charge in [-0.25, -0.2) is 4.79 Å². The fraction of sp³-hybridized carbons (Fsp3) is 0.308. The van der Waals surface area contributed by atoms with E-state index < -0.39 is 11.2 Å². The number of aryl methyl sites for hydroxylation is 1. The number of aromatic amines is 1. The molecule has 2 rings (SSSR count). The monoisotopic (exact) mass is 277 g/mol. The van der Waals surface area contributed by atoms with Gasteiger partial charge in [0.2, 0.25) is 5.91 Å². The van der Waals surface area contributed by atoms with Crippen molar-refractivity contribution in [3.8, 4) is 0 Å². The summed E-state index contributed by atoms with van der Waals surface area (Å²) in [6, 6.07) is 4.49. The molecule has 0 aliphatic heterocycles. The number of carbonyl (C=O) groups excluding carboxylic acids is 1. The van der Waals surface area contributed by atoms with Crippen molar-refractivity contribution in [2.75, 3.05) is 0 Å². The summed E-state index contributed by atoms with van der Waals surface area (Å²) >= 11 is 0. The van der Waals surface area contributed by atoms with Gasteiger partial charge in [0.25, 0.3) is 5.56 Å². The van der Waals surface area contributed by atoms with E-state index in [1.807, 2.05) is 13.0 Å². The van der Waals surface area contributed by atoms with E-state index >= 15 is 0 Å². The lowest BCUT2D eigenvalue weighted by Gasteiger charge is -2.12. The van der Waals surface area contributed by atoms with Gasteiger partial charge in [-0.05, 0) is 26.0 Å². The van der Waals surface area contributed by atoms with Crippen LogP contribution in [-0.2, 0) is 11.3 Å². The second-order valence-corrected chi connectivity index (χ2v) is 4.48. The van der Waals surface area contributed by atoms with Crippen LogP contribution < -0.4 is 16.6 Å². The summed E-state index contributed by atoms with van der Waals surface area (Å²) in [5, 5.41) is 2.72. The van der Waals surface area contributed by atoms with Crippen molar-refractivity contribution in [2.24, 2.45) is 0 Å². The van der Waals surface area contributed by atoms with Gasteiger partial charge in [0, 0.05) is 12.3 Å². The highest BCUT2D eigenvalue weighted by Crippen LogP contribution is 2.15. The second kappa shape index (κ2) is 5.60. The summed E-state index contributed by atoms with van der Waals surface area (Å²) in [5.41, 5.74) is -1.11. The molecule has 1 atom stereocenters. The maximum absolute atomic E-state index is 11.8. The fourth-order valence-corrected chi connectivity index (χ4v) is 1.77. The molecule has 7 nitrogen and oxygen atoms in total. The van der Waals surface area contributed by atoms with Crippen LogP contribution in [0.1, 0.15) is 24.5 Å². The number of carbonyl (C=O) groups is 1. The van der Waals surface area contributed by atoms with E-state index in [2.05, 4.69) is 10.3 Å². The Morgan fingerprint density at radius 3 is 2.75 bits per heavy atom. The van der Waals surface area contributed by atoms with E-state index in [4.69, 9.17) is 4.42 Å². The largest absolute Gasteiger partial charge is 0.464 e. The molecule has 106 valence electrons. The maximum atomic E-state index is 11.8. The normalized spacial score (nSPS) is 12.1. The van der Waals surface area contributed by atoms with E-state index in [0.717, 1.165) is 10.3 Å². The highest BCUT2D eigenvalue weighted by atomic mass is 16.3. The lowest BCUT2D eigenvalue weighted by molar-refractivity contribution is -0.122. The number of furan rings is 1. The lowest BCUT2D eigenvalue weighted by Crippen LogP contribution is -2.36. The highest BCUT2D eigenvalue weighted by molar-refractivity contribution is 5.76. The summed E-state index contributed by atoms with van der Waals surface area (Å²) in [6.07, 6.45) is 1.28. The smallest absolute Gasteiger partial charge is 0.328 e. The van der Waals surface area contributed by atoms with E-state index in [-0.39, 0.29) is 18.5 Å². The summed E-state index contributed by atoms with van der Waals surface area (Å²) in [5.74, 6) is 1.06. The summed E-state index contributed by atoms with van der Waals surface area (Å²) in [6.45, 7) is 3.43. The van der Waals surface area contributed by atoms with Gasteiger partial charge in [0.05, 0.1) is 6.04 Å². The minimum absolute atomic E-state index is 0.167. The molecule has 0 fully saturated rings. The summed E-state index contributed by atoms with van der Waals surface area (Å²) < 4.78 is 6.53. The predicted molar refractivity (Wildman–Crippen MR) is 71.3 cm³/mol. The zero-order valence-electron chi connectivity index (χ0n) is 11.2. The van der Waals surface area contributed by atoms with Crippen LogP contribution in [0.4, 0.5) is 0 Å². The zero-order chi connectivity index (χ0) is 14.7. The molecular weight excluding hydrogens is 262 g/mol. The highest BCUT2D eigenvalue weighted by Gasteiger charge is 2.13. The Kier molecular flexibility index (Phi) is 3.88. The van der Waals surface area contributed by atoms with E-state index in [0.29, 0.717) is 5.76 Å². The Balaban J connectivity index is 2.02. The lowest BCUT2D eigenvalue weighted by atomic mass is 10.2. The Morgan fingerprint density at radius 1 is 1.40 bits per heavy atom. The molecule has 2 aromatic heterocycles. The number of nitrogens with one attached hydrogen (secondary N) is 2. The van der Waals surface area contributed by atoms with Crippen molar-refractivity contribution >= 4 is 5.91 Å². The third-order valence-corrected chi connectivity index (χ3v) is 2.78. The van der Waals surface area contributed by atoms with Crippen LogP contribution in [0.5, 0.6) is 0 Å². The first-order valence-corrected chi connectivity index (χ1v) is 6.11. The molecule has 2 N–H and O–H groups in total. The van der Waals surface area contributed by atoms with Crippen molar-refractivity contribution in [1.82, 2.24) is 14.9 Å². The molecule has 0 saturated carbocycles. The number of H-pyrrole nitrogens is 1. The molecule has 7 heteroatoms. The first-order valence-electron chi connectivity index (χ1n) is 6.11. The van der Waals surface area contributed by atoms with Crippen LogP contribution in [0, 0.1) is 6.92 Å². The number of amides is 1. The van der Waals surface area contributed by atoms with Gasteiger partial charge in [-0.2, -0.15) is 0 Å². The number of rotatable bonds is 4. The first kappa shape index (κ1) is 13.9. The van der Waals surface area contributed by atoms with Gasteiger partial charge >= 0.3 is 5.69 Å². The number of hydrogen-bond donors (Lipinski definition) is 2. The van der Waals surface area contributed by atoms with Gasteiger partial charge in [0.1, 0.15) is 18.1 Å². The molecular formula is C13H15N3O4. The Morgan fingerprint density at radius 2 is 2.15 bits per heavy atom. The predicted octanol–water partition coefficient (Wildman–Crippen LogP) is 0.315. The Bertz CT molecular complexity index is 725. The average Bonchev–Trinajstić information content (AvgIpc) is 2.79. The van der Waals surface area contributed by atoms with E-state index in [1.54, 1.807) is 13.0 Å².